The molecule has 1 N–H and O–H groups in total. The Balaban J connectivity index is 1.56. The van der Waals surface area contributed by atoms with Crippen molar-refractivity contribution >= 4 is 39.5 Å². The lowest BCUT2D eigenvalue weighted by molar-refractivity contribution is -0.134. The van der Waals surface area contributed by atoms with Crippen molar-refractivity contribution in [2.24, 2.45) is 0 Å². The Morgan fingerprint density at radius 3 is 2.61 bits per heavy atom. The summed E-state index contributed by atoms with van der Waals surface area (Å²) in [6.07, 6.45) is -4.33. The minimum atomic E-state index is -4.45. The number of fused-ring (bicyclic) bond motifs is 1. The maximum Gasteiger partial charge on any atom is 0.508 e. The van der Waals surface area contributed by atoms with Crippen LogP contribution in [0.3, 0.4) is 0 Å². The van der Waals surface area contributed by atoms with Crippen LogP contribution in [0.4, 0.5) is 29.7 Å². The fraction of sp³-hybridized carbons (Fsp3) is 0.409. The summed E-state index contributed by atoms with van der Waals surface area (Å²) in [5.41, 5.74) is 0.981. The van der Waals surface area contributed by atoms with Crippen molar-refractivity contribution in [1.82, 2.24) is 9.97 Å². The third-order valence-corrected chi connectivity index (χ3v) is 6.29. The Bertz CT molecular complexity index is 1100. The second-order valence-corrected chi connectivity index (χ2v) is 8.56. The molecule has 1 fully saturated rings. The molecule has 1 aliphatic rings. The van der Waals surface area contributed by atoms with Crippen LogP contribution in [0, 0.1) is 0 Å². The van der Waals surface area contributed by atoms with Gasteiger partial charge in [-0.3, -0.25) is 0 Å². The number of alkyl halides is 3. The third-order valence-electron chi connectivity index (χ3n) is 5.21. The molecular weight excluding hydrogens is 457 g/mol. The number of piperidine rings is 1. The van der Waals surface area contributed by atoms with Gasteiger partial charge in [0, 0.05) is 32.5 Å². The van der Waals surface area contributed by atoms with E-state index in [1.807, 2.05) is 35.2 Å². The van der Waals surface area contributed by atoms with E-state index in [4.69, 9.17) is 9.47 Å². The highest BCUT2D eigenvalue weighted by molar-refractivity contribution is 7.18. The molecule has 0 aliphatic carbocycles. The van der Waals surface area contributed by atoms with Crippen molar-refractivity contribution in [3.8, 4) is 0 Å². The first-order chi connectivity index (χ1) is 15.8. The second kappa shape index (κ2) is 9.82. The van der Waals surface area contributed by atoms with Gasteiger partial charge in [-0.05, 0) is 18.6 Å². The molecule has 1 aliphatic heterocycles. The average Bonchev–Trinajstić information content (AvgIpc) is 3.24. The highest BCUT2D eigenvalue weighted by Gasteiger charge is 2.34. The monoisotopic (exact) mass is 480 g/mol. The van der Waals surface area contributed by atoms with E-state index >= 15 is 0 Å². The summed E-state index contributed by atoms with van der Waals surface area (Å²) in [6.45, 7) is 3.37. The Kier molecular flexibility index (Phi) is 6.87. The molecule has 33 heavy (non-hydrogen) atoms. The van der Waals surface area contributed by atoms with Crippen molar-refractivity contribution < 1.29 is 27.4 Å². The molecule has 0 spiro atoms. The van der Waals surface area contributed by atoms with Gasteiger partial charge in [0.15, 0.2) is 0 Å². The number of hydrogen-bond donors (Lipinski definition) is 1. The molecule has 3 aromatic rings. The standard InChI is InChI=1S/C22H23F3N4O3S/c1-2-31-21(30)32-15-8-10-29(11-9-15)20-27-18(26-13-14-6-4-3-5-7-14)16-12-17(22(23,24)25)33-19(16)28-20/h3-7,12,15H,2,8-11,13H2,1H3,(H,26,27,28). The molecule has 4 rings (SSSR count). The molecule has 0 radical (unpaired) electrons. The number of carbonyl (C=O) groups excluding carboxylic acids is 1. The predicted molar refractivity (Wildman–Crippen MR) is 120 cm³/mol. The van der Waals surface area contributed by atoms with Crippen LogP contribution in [0.1, 0.15) is 30.2 Å². The van der Waals surface area contributed by atoms with Gasteiger partial charge in [-0.25, -0.2) is 9.78 Å². The lowest BCUT2D eigenvalue weighted by atomic mass is 10.1. The zero-order valence-corrected chi connectivity index (χ0v) is 18.7. The normalized spacial score (nSPS) is 15.0. The predicted octanol–water partition coefficient (Wildman–Crippen LogP) is 5.46. The van der Waals surface area contributed by atoms with Gasteiger partial charge in [-0.2, -0.15) is 18.2 Å². The number of carbonyl (C=O) groups is 1. The minimum Gasteiger partial charge on any atom is -0.435 e. The number of thiophene rings is 1. The number of hydrogen-bond acceptors (Lipinski definition) is 8. The van der Waals surface area contributed by atoms with E-state index in [0.717, 1.165) is 11.6 Å². The first-order valence-electron chi connectivity index (χ1n) is 10.6. The largest absolute Gasteiger partial charge is 0.508 e. The van der Waals surface area contributed by atoms with Crippen LogP contribution in [0.15, 0.2) is 36.4 Å². The van der Waals surface area contributed by atoms with Gasteiger partial charge in [0.05, 0.1) is 12.0 Å². The molecule has 1 saturated heterocycles. The van der Waals surface area contributed by atoms with Crippen molar-refractivity contribution in [3.05, 3.63) is 46.8 Å². The number of halogens is 3. The maximum absolute atomic E-state index is 13.3. The van der Waals surface area contributed by atoms with E-state index in [9.17, 15) is 18.0 Å². The number of rotatable bonds is 6. The highest BCUT2D eigenvalue weighted by atomic mass is 32.1. The van der Waals surface area contributed by atoms with Crippen LogP contribution in [-0.2, 0) is 22.2 Å². The number of aromatic nitrogens is 2. The fourth-order valence-electron chi connectivity index (χ4n) is 3.57. The van der Waals surface area contributed by atoms with E-state index in [1.165, 1.54) is 0 Å². The van der Waals surface area contributed by atoms with Crippen LogP contribution in [-0.4, -0.2) is 41.9 Å². The minimum absolute atomic E-state index is 0.241. The van der Waals surface area contributed by atoms with Crippen LogP contribution in [0.25, 0.3) is 10.2 Å². The second-order valence-electron chi connectivity index (χ2n) is 7.53. The zero-order chi connectivity index (χ0) is 23.4. The summed E-state index contributed by atoms with van der Waals surface area (Å²) in [6, 6.07) is 10.6. The Labute approximate surface area is 192 Å². The van der Waals surface area contributed by atoms with Crippen LogP contribution in [0.5, 0.6) is 0 Å². The molecule has 0 unspecified atom stereocenters. The summed E-state index contributed by atoms with van der Waals surface area (Å²) in [5, 5.41) is 3.51. The van der Waals surface area contributed by atoms with E-state index in [-0.39, 0.29) is 17.5 Å². The quantitative estimate of drug-likeness (QED) is 0.469. The molecule has 176 valence electrons. The maximum atomic E-state index is 13.3. The van der Waals surface area contributed by atoms with Gasteiger partial charge in [0.2, 0.25) is 5.95 Å². The van der Waals surface area contributed by atoms with Crippen molar-refractivity contribution in [3.63, 3.8) is 0 Å². The summed E-state index contributed by atoms with van der Waals surface area (Å²) < 4.78 is 50.1. The van der Waals surface area contributed by atoms with E-state index in [2.05, 4.69) is 15.3 Å². The average molecular weight is 481 g/mol. The lowest BCUT2D eigenvalue weighted by Gasteiger charge is -2.31. The number of benzene rings is 1. The lowest BCUT2D eigenvalue weighted by Crippen LogP contribution is -2.39. The molecule has 2 aromatic heterocycles. The number of nitrogens with zero attached hydrogens (tertiary/aromatic N) is 3. The third kappa shape index (κ3) is 5.65. The van der Waals surface area contributed by atoms with Crippen LogP contribution < -0.4 is 10.2 Å². The van der Waals surface area contributed by atoms with Crippen molar-refractivity contribution in [2.75, 3.05) is 29.9 Å². The van der Waals surface area contributed by atoms with Crippen LogP contribution in [0.2, 0.25) is 0 Å². The van der Waals surface area contributed by atoms with Crippen molar-refractivity contribution in [1.29, 1.82) is 0 Å². The Morgan fingerprint density at radius 2 is 1.94 bits per heavy atom. The molecule has 1 aromatic carbocycles. The first-order valence-corrected chi connectivity index (χ1v) is 11.4. The Hall–Kier alpha value is -3.08. The van der Waals surface area contributed by atoms with Crippen molar-refractivity contribution in [2.45, 2.75) is 38.6 Å². The smallest absolute Gasteiger partial charge is 0.435 e. The number of nitrogens with one attached hydrogen (secondary N) is 1. The number of anilines is 2. The molecule has 0 atom stereocenters. The van der Waals surface area contributed by atoms with E-state index < -0.39 is 17.2 Å². The van der Waals surface area contributed by atoms with E-state index in [1.54, 1.807) is 6.92 Å². The molecule has 0 amide bonds. The zero-order valence-electron chi connectivity index (χ0n) is 17.9. The van der Waals surface area contributed by atoms with Crippen LogP contribution >= 0.6 is 11.3 Å². The van der Waals surface area contributed by atoms with Gasteiger partial charge < -0.3 is 19.7 Å². The van der Waals surface area contributed by atoms with E-state index in [0.29, 0.717) is 61.0 Å². The summed E-state index contributed by atoms with van der Waals surface area (Å²) in [7, 11) is 0. The topological polar surface area (TPSA) is 76.6 Å². The SMILES string of the molecule is CCOC(=O)OC1CCN(c2nc(NCc3ccccc3)c3cc(C(F)(F)F)sc3n2)CC1. The van der Waals surface area contributed by atoms with Gasteiger partial charge in [-0.1, -0.05) is 30.3 Å². The summed E-state index contributed by atoms with van der Waals surface area (Å²) in [4.78, 5) is 22.0. The van der Waals surface area contributed by atoms with Gasteiger partial charge in [0.25, 0.3) is 0 Å². The molecule has 11 heteroatoms. The molecule has 7 nitrogen and oxygen atoms in total. The first kappa shape index (κ1) is 23.1. The Morgan fingerprint density at radius 1 is 1.21 bits per heavy atom. The number of ether oxygens (including phenoxy) is 2. The summed E-state index contributed by atoms with van der Waals surface area (Å²) in [5.74, 6) is 0.707. The summed E-state index contributed by atoms with van der Waals surface area (Å²) >= 11 is 0.604. The molecule has 3 heterocycles. The fourth-order valence-corrected chi connectivity index (χ4v) is 4.46. The van der Waals surface area contributed by atoms with Gasteiger partial charge >= 0.3 is 12.3 Å². The molecule has 0 bridgehead atoms. The molecule has 0 saturated carbocycles. The van der Waals surface area contributed by atoms with Gasteiger partial charge in [-0.15, -0.1) is 11.3 Å². The molecular formula is C22H23F3N4O3S. The highest BCUT2D eigenvalue weighted by Crippen LogP contribution is 2.40. The van der Waals surface area contributed by atoms with Gasteiger partial charge in [0.1, 0.15) is 21.6 Å².